The topological polar surface area (TPSA) is 36.4 Å². The Morgan fingerprint density at radius 2 is 2.33 bits per heavy atom. The molecule has 0 aromatic carbocycles. The standard InChI is InChI=1S/C9H12N2O/c1-11-3-2-7-4-10-5-9(12)8(7)6-11/h4-5,12H,2-3,6H2,1H3. The van der Waals surface area contributed by atoms with Crippen LogP contribution in [0.1, 0.15) is 11.1 Å². The fourth-order valence-electron chi connectivity index (χ4n) is 1.58. The van der Waals surface area contributed by atoms with Crippen molar-refractivity contribution >= 4 is 0 Å². The monoisotopic (exact) mass is 164 g/mol. The second kappa shape index (κ2) is 2.75. The van der Waals surface area contributed by atoms with Crippen LogP contribution in [-0.4, -0.2) is 28.6 Å². The van der Waals surface area contributed by atoms with Gasteiger partial charge in [0, 0.05) is 24.8 Å². The number of hydrogen-bond acceptors (Lipinski definition) is 3. The summed E-state index contributed by atoms with van der Waals surface area (Å²) in [5, 5.41) is 9.48. The van der Waals surface area contributed by atoms with Gasteiger partial charge in [-0.05, 0) is 19.0 Å². The van der Waals surface area contributed by atoms with Gasteiger partial charge in [0.1, 0.15) is 5.75 Å². The van der Waals surface area contributed by atoms with Crippen molar-refractivity contribution in [2.75, 3.05) is 13.6 Å². The Labute approximate surface area is 71.7 Å². The molecule has 2 heterocycles. The molecule has 1 aliphatic heterocycles. The first kappa shape index (κ1) is 7.55. The van der Waals surface area contributed by atoms with E-state index in [9.17, 15) is 5.11 Å². The summed E-state index contributed by atoms with van der Waals surface area (Å²) >= 11 is 0. The van der Waals surface area contributed by atoms with E-state index in [1.54, 1.807) is 0 Å². The van der Waals surface area contributed by atoms with E-state index >= 15 is 0 Å². The maximum atomic E-state index is 9.48. The number of hydrogen-bond donors (Lipinski definition) is 1. The molecule has 1 aliphatic rings. The van der Waals surface area contributed by atoms with Gasteiger partial charge in [-0.15, -0.1) is 0 Å². The fraction of sp³-hybridized carbons (Fsp3) is 0.444. The van der Waals surface area contributed by atoms with Gasteiger partial charge < -0.3 is 10.0 Å². The van der Waals surface area contributed by atoms with Gasteiger partial charge in [-0.3, -0.25) is 4.98 Å². The number of likely N-dealkylation sites (N-methyl/N-ethyl adjacent to an activating group) is 1. The second-order valence-corrected chi connectivity index (χ2v) is 3.28. The van der Waals surface area contributed by atoms with Gasteiger partial charge in [-0.2, -0.15) is 0 Å². The zero-order valence-electron chi connectivity index (χ0n) is 7.12. The third-order valence-corrected chi connectivity index (χ3v) is 2.31. The average Bonchev–Trinajstić information content (AvgIpc) is 2.07. The van der Waals surface area contributed by atoms with E-state index in [-0.39, 0.29) is 0 Å². The van der Waals surface area contributed by atoms with Crippen molar-refractivity contribution in [3.63, 3.8) is 0 Å². The maximum absolute atomic E-state index is 9.48. The van der Waals surface area contributed by atoms with Crippen LogP contribution in [0.2, 0.25) is 0 Å². The van der Waals surface area contributed by atoms with Crippen LogP contribution in [-0.2, 0) is 13.0 Å². The van der Waals surface area contributed by atoms with Crippen LogP contribution in [0.3, 0.4) is 0 Å². The van der Waals surface area contributed by atoms with Gasteiger partial charge in [0.15, 0.2) is 0 Å². The van der Waals surface area contributed by atoms with Crippen LogP contribution in [0.25, 0.3) is 0 Å². The molecule has 0 saturated carbocycles. The quantitative estimate of drug-likeness (QED) is 0.615. The van der Waals surface area contributed by atoms with Gasteiger partial charge in [0.25, 0.3) is 0 Å². The number of rotatable bonds is 0. The molecule has 2 rings (SSSR count). The Hall–Kier alpha value is -1.09. The average molecular weight is 164 g/mol. The largest absolute Gasteiger partial charge is 0.506 e. The summed E-state index contributed by atoms with van der Waals surface area (Å²) in [5.41, 5.74) is 2.23. The number of nitrogens with zero attached hydrogens (tertiary/aromatic N) is 2. The number of aromatic hydroxyl groups is 1. The molecule has 0 amide bonds. The summed E-state index contributed by atoms with van der Waals surface area (Å²) in [6.45, 7) is 1.89. The molecule has 0 atom stereocenters. The number of aromatic nitrogens is 1. The van der Waals surface area contributed by atoms with E-state index in [1.807, 2.05) is 6.20 Å². The van der Waals surface area contributed by atoms with E-state index < -0.39 is 0 Å². The molecule has 0 unspecified atom stereocenters. The first-order valence-electron chi connectivity index (χ1n) is 4.10. The van der Waals surface area contributed by atoms with Crippen LogP contribution in [0, 0.1) is 0 Å². The minimum Gasteiger partial charge on any atom is -0.506 e. The van der Waals surface area contributed by atoms with Crippen molar-refractivity contribution in [1.29, 1.82) is 0 Å². The highest BCUT2D eigenvalue weighted by atomic mass is 16.3. The molecule has 3 heteroatoms. The van der Waals surface area contributed by atoms with E-state index in [2.05, 4.69) is 16.9 Å². The Balaban J connectivity index is 2.43. The van der Waals surface area contributed by atoms with Crippen molar-refractivity contribution < 1.29 is 5.11 Å². The van der Waals surface area contributed by atoms with Gasteiger partial charge in [0.05, 0.1) is 6.20 Å². The van der Waals surface area contributed by atoms with Crippen molar-refractivity contribution in [2.45, 2.75) is 13.0 Å². The van der Waals surface area contributed by atoms with Gasteiger partial charge in [0.2, 0.25) is 0 Å². The van der Waals surface area contributed by atoms with Crippen LogP contribution in [0.5, 0.6) is 5.75 Å². The molecule has 0 fully saturated rings. The molecule has 0 aliphatic carbocycles. The van der Waals surface area contributed by atoms with Crippen LogP contribution in [0.15, 0.2) is 12.4 Å². The molecule has 0 spiro atoms. The Morgan fingerprint density at radius 1 is 1.50 bits per heavy atom. The summed E-state index contributed by atoms with van der Waals surface area (Å²) in [7, 11) is 2.06. The zero-order valence-corrected chi connectivity index (χ0v) is 7.12. The number of fused-ring (bicyclic) bond motifs is 1. The molecule has 64 valence electrons. The lowest BCUT2D eigenvalue weighted by molar-refractivity contribution is 0.304. The highest BCUT2D eigenvalue weighted by Gasteiger charge is 2.15. The molecule has 0 bridgehead atoms. The molecule has 12 heavy (non-hydrogen) atoms. The normalized spacial score (nSPS) is 17.4. The predicted octanol–water partition coefficient (Wildman–Crippen LogP) is 0.775. The maximum Gasteiger partial charge on any atom is 0.138 e. The summed E-state index contributed by atoms with van der Waals surface area (Å²) < 4.78 is 0. The highest BCUT2D eigenvalue weighted by Crippen LogP contribution is 2.24. The third kappa shape index (κ3) is 1.16. The minimum atomic E-state index is 0.332. The van der Waals surface area contributed by atoms with E-state index in [0.717, 1.165) is 25.1 Å². The Bertz CT molecular complexity index is 299. The smallest absolute Gasteiger partial charge is 0.138 e. The Kier molecular flexibility index (Phi) is 1.73. The molecule has 3 nitrogen and oxygen atoms in total. The molecule has 1 N–H and O–H groups in total. The van der Waals surface area contributed by atoms with E-state index in [4.69, 9.17) is 0 Å². The van der Waals surface area contributed by atoms with Crippen LogP contribution in [0.4, 0.5) is 0 Å². The summed E-state index contributed by atoms with van der Waals surface area (Å²) in [5.74, 6) is 0.332. The second-order valence-electron chi connectivity index (χ2n) is 3.28. The molecule has 0 saturated heterocycles. The lowest BCUT2D eigenvalue weighted by Crippen LogP contribution is -2.26. The zero-order chi connectivity index (χ0) is 8.55. The van der Waals surface area contributed by atoms with Gasteiger partial charge >= 0.3 is 0 Å². The predicted molar refractivity (Wildman–Crippen MR) is 45.9 cm³/mol. The lowest BCUT2D eigenvalue weighted by Gasteiger charge is -2.24. The molecule has 1 aromatic heterocycles. The van der Waals surface area contributed by atoms with Crippen LogP contribution < -0.4 is 0 Å². The van der Waals surface area contributed by atoms with Gasteiger partial charge in [-0.1, -0.05) is 0 Å². The van der Waals surface area contributed by atoms with E-state index in [0.29, 0.717) is 5.75 Å². The number of pyridine rings is 1. The summed E-state index contributed by atoms with van der Waals surface area (Å²) in [6.07, 6.45) is 4.35. The van der Waals surface area contributed by atoms with Crippen molar-refractivity contribution in [2.24, 2.45) is 0 Å². The summed E-state index contributed by atoms with van der Waals surface area (Å²) in [4.78, 5) is 6.15. The Morgan fingerprint density at radius 3 is 3.17 bits per heavy atom. The van der Waals surface area contributed by atoms with E-state index in [1.165, 1.54) is 11.8 Å². The SMILES string of the molecule is CN1CCc2cncc(O)c2C1. The molecule has 1 aromatic rings. The highest BCUT2D eigenvalue weighted by molar-refractivity contribution is 5.37. The first-order valence-corrected chi connectivity index (χ1v) is 4.10. The van der Waals surface area contributed by atoms with Crippen molar-refractivity contribution in [3.05, 3.63) is 23.5 Å². The third-order valence-electron chi connectivity index (χ3n) is 2.31. The molecular formula is C9H12N2O. The van der Waals surface area contributed by atoms with Crippen molar-refractivity contribution in [1.82, 2.24) is 9.88 Å². The molecular weight excluding hydrogens is 152 g/mol. The fourth-order valence-corrected chi connectivity index (χ4v) is 1.58. The van der Waals surface area contributed by atoms with Gasteiger partial charge in [-0.25, -0.2) is 0 Å². The summed E-state index contributed by atoms with van der Waals surface area (Å²) in [6, 6.07) is 0. The minimum absolute atomic E-state index is 0.332. The van der Waals surface area contributed by atoms with Crippen LogP contribution >= 0.6 is 0 Å². The first-order chi connectivity index (χ1) is 5.77. The molecule has 0 radical (unpaired) electrons. The van der Waals surface area contributed by atoms with Crippen molar-refractivity contribution in [3.8, 4) is 5.75 Å². The lowest BCUT2D eigenvalue weighted by atomic mass is 10.0.